The van der Waals surface area contributed by atoms with Crippen molar-refractivity contribution in [2.75, 3.05) is 50.2 Å². The number of benzene rings is 6. The maximum absolute atomic E-state index is 11.4. The van der Waals surface area contributed by atoms with E-state index in [0.29, 0.717) is 47.6 Å². The molecule has 0 radical (unpaired) electrons. The number of aliphatic hydroxyl groups is 12. The number of carbonyl (C=O) groups is 1. The highest BCUT2D eigenvalue weighted by molar-refractivity contribution is 6.31. The zero-order valence-electron chi connectivity index (χ0n) is 52.2. The number of carbonyl (C=O) groups excluding carboxylic acids is 1. The van der Waals surface area contributed by atoms with Crippen molar-refractivity contribution in [2.24, 2.45) is 5.73 Å². The average Bonchev–Trinajstić information content (AvgIpc) is 1.69. The van der Waals surface area contributed by atoms with Crippen LogP contribution in [0.3, 0.4) is 0 Å². The summed E-state index contributed by atoms with van der Waals surface area (Å²) in [7, 11) is 2.13. The third-order valence-corrected chi connectivity index (χ3v) is 19.7. The number of rotatable bonds is 13. The van der Waals surface area contributed by atoms with Gasteiger partial charge in [0.25, 0.3) is 5.91 Å². The van der Waals surface area contributed by atoms with E-state index in [0.717, 1.165) is 100 Å². The van der Waals surface area contributed by atoms with Gasteiger partial charge in [-0.15, -0.1) is 0 Å². The molecule has 16 atom stereocenters. The molecule has 1 aliphatic carbocycles. The van der Waals surface area contributed by atoms with Gasteiger partial charge in [-0.2, -0.15) is 0 Å². The Kier molecular flexibility index (Phi) is 21.2. The smallest absolute Gasteiger partial charge is 0.258 e. The minimum Gasteiger partial charge on any atom is -0.483 e. The van der Waals surface area contributed by atoms with Crippen molar-refractivity contribution in [2.45, 2.75) is 175 Å². The first-order valence-electron chi connectivity index (χ1n) is 31.9. The van der Waals surface area contributed by atoms with Gasteiger partial charge in [0.05, 0.1) is 32.1 Å². The van der Waals surface area contributed by atoms with Crippen LogP contribution in [0, 0.1) is 13.8 Å². The number of nitrogens with two attached hydrogens (primary N) is 1. The van der Waals surface area contributed by atoms with E-state index in [1.807, 2.05) is 73.7 Å². The number of fused-ring (bicyclic) bond motifs is 3. The number of nitrogens with zero attached hydrogens (tertiary/aromatic N) is 1. The van der Waals surface area contributed by atoms with Crippen molar-refractivity contribution in [3.8, 4) is 11.5 Å². The van der Waals surface area contributed by atoms with E-state index in [1.165, 1.54) is 23.2 Å². The number of hydrogen-bond acceptors (Lipinski definition) is 20. The van der Waals surface area contributed by atoms with Gasteiger partial charge in [-0.05, 0) is 174 Å². The molecule has 6 heterocycles. The number of aryl methyl sites for hydroxylation is 4. The molecule has 15 N–H and O–H groups in total. The topological polar surface area (TPSA) is 347 Å². The molecule has 93 heavy (non-hydrogen) atoms. The fourth-order valence-electron chi connectivity index (χ4n) is 13.4. The van der Waals surface area contributed by atoms with Gasteiger partial charge in [0.1, 0.15) is 109 Å². The van der Waals surface area contributed by atoms with Gasteiger partial charge in [-0.3, -0.25) is 4.79 Å². The number of halogens is 1. The highest BCUT2D eigenvalue weighted by atomic mass is 35.5. The van der Waals surface area contributed by atoms with Crippen LogP contribution >= 0.6 is 11.6 Å². The highest BCUT2D eigenvalue weighted by Crippen LogP contribution is 2.47. The second-order valence-electron chi connectivity index (χ2n) is 25.9. The molecule has 22 heteroatoms. The van der Waals surface area contributed by atoms with Crippen LogP contribution in [0.25, 0.3) is 0 Å². The van der Waals surface area contributed by atoms with Gasteiger partial charge >= 0.3 is 0 Å². The van der Waals surface area contributed by atoms with Crippen LogP contribution in [0.1, 0.15) is 116 Å². The molecule has 6 aromatic rings. The Morgan fingerprint density at radius 1 is 0.559 bits per heavy atom. The molecule has 1 unspecified atom stereocenters. The SMILES string of the molecule is Cc1ccc([C@@H]2O[C@H](CO)[C@@H](O)[C@H](O)[C@H]2O)cc1Cc1ccc2c(c1)CCC(C(N)=O)O2.Cc1ccc([C@@H]2O[C@H](CO)[C@@H](O)[C@H](O)[C@H]2O)cc1Cc1ccc2c(c1)CCCN2C.OC[C@H]1O[C@@H](c2ccc(Cl)c(Cc3ccc4c(c3)NCC3(CC3)O4)c2)[C@H](O)[C@@H](O)[C@@H]1O. The maximum Gasteiger partial charge on any atom is 0.258 e. The Bertz CT molecular complexity index is 3610. The number of nitrogens with one attached hydrogen (secondary N) is 1. The van der Waals surface area contributed by atoms with E-state index in [-0.39, 0.29) is 5.60 Å². The first-order chi connectivity index (χ1) is 44.6. The Morgan fingerprint density at radius 3 is 1.53 bits per heavy atom. The second kappa shape index (κ2) is 28.9. The molecule has 3 saturated heterocycles. The van der Waals surface area contributed by atoms with E-state index in [4.69, 9.17) is 41.0 Å². The highest BCUT2D eigenvalue weighted by Gasteiger charge is 2.49. The number of ether oxygens (including phenoxy) is 5. The van der Waals surface area contributed by atoms with Crippen LogP contribution in [0.4, 0.5) is 11.4 Å². The number of aliphatic hydroxyl groups excluding tert-OH is 12. The molecule has 7 aliphatic rings. The summed E-state index contributed by atoms with van der Waals surface area (Å²) in [6.07, 6.45) is -10.6. The van der Waals surface area contributed by atoms with E-state index < -0.39 is 123 Å². The molecule has 6 aliphatic heterocycles. The first kappa shape index (κ1) is 68.1. The van der Waals surface area contributed by atoms with Gasteiger partial charge in [0.2, 0.25) is 0 Å². The lowest BCUT2D eigenvalue weighted by Gasteiger charge is -2.40. The Balaban J connectivity index is 0.000000143. The van der Waals surface area contributed by atoms with Crippen molar-refractivity contribution < 1.29 is 89.8 Å². The van der Waals surface area contributed by atoms with E-state index in [2.05, 4.69) is 54.5 Å². The zero-order valence-corrected chi connectivity index (χ0v) is 53.0. The molecule has 13 rings (SSSR count). The summed E-state index contributed by atoms with van der Waals surface area (Å²) in [4.78, 5) is 13.7. The summed E-state index contributed by atoms with van der Waals surface area (Å²) in [5, 5.41) is 124. The molecular formula is C71H86ClN3O18. The second-order valence-corrected chi connectivity index (χ2v) is 26.4. The third-order valence-electron chi connectivity index (χ3n) is 19.3. The summed E-state index contributed by atoms with van der Waals surface area (Å²) in [5.74, 6) is 1.09. The van der Waals surface area contributed by atoms with Crippen molar-refractivity contribution in [3.63, 3.8) is 0 Å². The van der Waals surface area contributed by atoms with E-state index >= 15 is 0 Å². The average molecular weight is 1300 g/mol. The number of anilines is 2. The molecule has 4 fully saturated rings. The predicted molar refractivity (Wildman–Crippen MR) is 344 cm³/mol. The molecule has 1 saturated carbocycles. The van der Waals surface area contributed by atoms with Gasteiger partial charge in [-0.25, -0.2) is 0 Å². The van der Waals surface area contributed by atoms with Crippen LogP contribution in [0.15, 0.2) is 109 Å². The van der Waals surface area contributed by atoms with Gasteiger partial charge in [0.15, 0.2) is 6.10 Å². The minimum absolute atomic E-state index is 0.0163. The molecule has 1 spiro atoms. The largest absolute Gasteiger partial charge is 0.483 e. The fourth-order valence-corrected chi connectivity index (χ4v) is 13.6. The summed E-state index contributed by atoms with van der Waals surface area (Å²) in [5.41, 5.74) is 20.6. The molecular weight excluding hydrogens is 1220 g/mol. The Hall–Kier alpha value is -6.32. The number of hydrogen-bond donors (Lipinski definition) is 14. The van der Waals surface area contributed by atoms with E-state index in [1.54, 1.807) is 12.1 Å². The molecule has 0 aromatic heterocycles. The predicted octanol–water partition coefficient (Wildman–Crippen LogP) is 3.55. The van der Waals surface area contributed by atoms with Crippen LogP contribution in [-0.2, 0) is 51.1 Å². The van der Waals surface area contributed by atoms with Crippen molar-refractivity contribution in [1.29, 1.82) is 0 Å². The lowest BCUT2D eigenvalue weighted by molar-refractivity contribution is -0.231. The Labute approximate surface area is 545 Å². The van der Waals surface area contributed by atoms with Gasteiger partial charge < -0.3 is 101 Å². The summed E-state index contributed by atoms with van der Waals surface area (Å²) in [6.45, 7) is 4.60. The maximum atomic E-state index is 11.4. The van der Waals surface area contributed by atoms with Crippen LogP contribution in [0.5, 0.6) is 11.5 Å². The minimum atomic E-state index is -1.42. The number of primary amides is 1. The lowest BCUT2D eigenvalue weighted by Crippen LogP contribution is -2.55. The van der Waals surface area contributed by atoms with Crippen molar-refractivity contribution >= 4 is 28.9 Å². The fraction of sp³-hybridized carbons (Fsp3) is 0.479. The van der Waals surface area contributed by atoms with Crippen LogP contribution in [0.2, 0.25) is 5.02 Å². The molecule has 500 valence electrons. The third kappa shape index (κ3) is 14.9. The zero-order chi connectivity index (χ0) is 66.2. The first-order valence-corrected chi connectivity index (χ1v) is 32.3. The van der Waals surface area contributed by atoms with Gasteiger partial charge in [-0.1, -0.05) is 90.5 Å². The molecule has 21 nitrogen and oxygen atoms in total. The van der Waals surface area contributed by atoms with Gasteiger partial charge in [0, 0.05) is 24.3 Å². The molecule has 0 bridgehead atoms. The summed E-state index contributed by atoms with van der Waals surface area (Å²) < 4.78 is 28.9. The Morgan fingerprint density at radius 2 is 1.02 bits per heavy atom. The quantitative estimate of drug-likeness (QED) is 0.0786. The molecule has 6 aromatic carbocycles. The normalized spacial score (nSPS) is 29.9. The van der Waals surface area contributed by atoms with Crippen molar-refractivity contribution in [3.05, 3.63) is 187 Å². The van der Waals surface area contributed by atoms with Crippen LogP contribution in [-0.4, -0.2) is 192 Å². The summed E-state index contributed by atoms with van der Waals surface area (Å²) in [6, 6.07) is 35.3. The van der Waals surface area contributed by atoms with Crippen LogP contribution < -0.4 is 25.4 Å². The standard InChI is InChI=1S/C24H29NO7.C24H31NO5.C23H26ClNO6/c1-12-2-4-15(23-22(29)21(28)20(27)19(11-26)32-23)10-16(12)9-13-3-6-17-14(8-13)5-7-18(31-17)24(25)30;1-14-5-7-17(24-23(29)22(28)21(27)20(13-26)30-24)12-18(14)11-15-6-8-19-16(10-15)4-3-9-25(19)2;24-15-3-2-13(22-21(29)20(28)19(27)18(10-26)30-22)9-14(15)7-12-1-4-17-16(8-12)25-11-23(31-17)5-6-23/h2-4,6,8,10,18-23,26-29H,5,7,9,11H2,1H3,(H2,25,30);5-8,10,12,20-24,26-29H,3-4,9,11,13H2,1-2H3;1-4,8-9,18-22,25-29H,5-7,10-11H2/t18?,19-,20-,21+,22-,23+;20-,21-,22+,23-,24+;18-,19-,20+,21-,22+/m111/s1. The summed E-state index contributed by atoms with van der Waals surface area (Å²) >= 11 is 6.45. The number of amides is 1. The van der Waals surface area contributed by atoms with Crippen molar-refractivity contribution in [1.82, 2.24) is 0 Å². The molecule has 1 amide bonds. The monoisotopic (exact) mass is 1300 g/mol. The lowest BCUT2D eigenvalue weighted by atomic mass is 9.88. The van der Waals surface area contributed by atoms with E-state index in [9.17, 15) is 66.1 Å².